The lowest BCUT2D eigenvalue weighted by molar-refractivity contribution is -0.117. The summed E-state index contributed by atoms with van der Waals surface area (Å²) in [6.45, 7) is 6.87. The van der Waals surface area contributed by atoms with Crippen molar-refractivity contribution in [3.63, 3.8) is 0 Å². The largest absolute Gasteiger partial charge is 0.380 e. The quantitative estimate of drug-likeness (QED) is 0.546. The first-order valence-electron chi connectivity index (χ1n) is 10.4. The van der Waals surface area contributed by atoms with Crippen LogP contribution in [0.15, 0.2) is 24.3 Å². The average Bonchev–Trinajstić information content (AvgIpc) is 3.20. The molecule has 0 aliphatic carbocycles. The number of amidine groups is 1. The van der Waals surface area contributed by atoms with Gasteiger partial charge in [0.1, 0.15) is 11.7 Å². The van der Waals surface area contributed by atoms with E-state index in [1.165, 1.54) is 6.92 Å². The van der Waals surface area contributed by atoms with Crippen molar-refractivity contribution in [2.24, 2.45) is 0 Å². The Bertz CT molecular complexity index is 915. The molecule has 2 aliphatic heterocycles. The number of benzene rings is 1. The Morgan fingerprint density at radius 2 is 2.00 bits per heavy atom. The monoisotopic (exact) mass is 395 g/mol. The highest BCUT2D eigenvalue weighted by atomic mass is 16.5. The van der Waals surface area contributed by atoms with Gasteiger partial charge in [-0.05, 0) is 44.4 Å². The number of fused-ring (bicyclic) bond motifs is 1. The van der Waals surface area contributed by atoms with Crippen LogP contribution in [0.2, 0.25) is 0 Å². The van der Waals surface area contributed by atoms with Gasteiger partial charge in [-0.3, -0.25) is 10.2 Å². The Hall–Kier alpha value is -2.51. The third-order valence-electron chi connectivity index (χ3n) is 5.72. The summed E-state index contributed by atoms with van der Waals surface area (Å²) in [6, 6.07) is 9.07. The molecule has 0 bridgehead atoms. The SMILES string of the molecule is CC(=O)NC(=N)c1cc2cc(C)ccc2nc1N1CCC(NC2CCOC2)CC1. The summed E-state index contributed by atoms with van der Waals surface area (Å²) in [5.74, 6) is 0.640. The summed E-state index contributed by atoms with van der Waals surface area (Å²) < 4.78 is 5.47. The third kappa shape index (κ3) is 4.57. The fourth-order valence-electron chi connectivity index (χ4n) is 4.21. The van der Waals surface area contributed by atoms with Crippen molar-refractivity contribution < 1.29 is 9.53 Å². The first kappa shape index (κ1) is 19.8. The number of pyridine rings is 1. The number of carbonyl (C=O) groups excluding carboxylic acids is 1. The van der Waals surface area contributed by atoms with Crippen LogP contribution in [0.1, 0.15) is 37.3 Å². The Kier molecular flexibility index (Phi) is 5.78. The van der Waals surface area contributed by atoms with Gasteiger partial charge in [-0.25, -0.2) is 4.98 Å². The second-order valence-corrected chi connectivity index (χ2v) is 8.10. The zero-order chi connectivity index (χ0) is 20.4. The van der Waals surface area contributed by atoms with E-state index < -0.39 is 0 Å². The van der Waals surface area contributed by atoms with Crippen LogP contribution >= 0.6 is 0 Å². The van der Waals surface area contributed by atoms with Crippen LogP contribution in [0.3, 0.4) is 0 Å². The summed E-state index contributed by atoms with van der Waals surface area (Å²) in [4.78, 5) is 18.7. The van der Waals surface area contributed by atoms with E-state index in [4.69, 9.17) is 15.1 Å². The van der Waals surface area contributed by atoms with Gasteiger partial charge in [-0.2, -0.15) is 0 Å². The molecule has 3 heterocycles. The molecule has 1 aromatic heterocycles. The van der Waals surface area contributed by atoms with Crippen LogP contribution < -0.4 is 15.5 Å². The van der Waals surface area contributed by atoms with Crippen molar-refractivity contribution >= 4 is 28.5 Å². The maximum absolute atomic E-state index is 11.5. The van der Waals surface area contributed by atoms with Crippen LogP contribution in [0, 0.1) is 12.3 Å². The van der Waals surface area contributed by atoms with E-state index in [9.17, 15) is 4.79 Å². The number of aromatic nitrogens is 1. The molecule has 1 unspecified atom stereocenters. The van der Waals surface area contributed by atoms with E-state index in [2.05, 4.69) is 27.7 Å². The van der Waals surface area contributed by atoms with E-state index in [1.54, 1.807) is 0 Å². The van der Waals surface area contributed by atoms with Crippen molar-refractivity contribution in [2.75, 3.05) is 31.2 Å². The predicted molar refractivity (Wildman–Crippen MR) is 115 cm³/mol. The van der Waals surface area contributed by atoms with Crippen molar-refractivity contribution in [1.82, 2.24) is 15.6 Å². The van der Waals surface area contributed by atoms with Crippen LogP contribution in [0.5, 0.6) is 0 Å². The van der Waals surface area contributed by atoms with Crippen LogP contribution in [-0.4, -0.2) is 55.1 Å². The smallest absolute Gasteiger partial charge is 0.222 e. The van der Waals surface area contributed by atoms with Gasteiger partial charge in [0.25, 0.3) is 0 Å². The molecule has 1 aromatic carbocycles. The molecule has 2 saturated heterocycles. The lowest BCUT2D eigenvalue weighted by atomic mass is 10.0. The molecule has 7 nitrogen and oxygen atoms in total. The predicted octanol–water partition coefficient (Wildman–Crippen LogP) is 2.35. The molecule has 0 spiro atoms. The molecule has 154 valence electrons. The Balaban J connectivity index is 1.57. The van der Waals surface area contributed by atoms with E-state index in [0.29, 0.717) is 17.6 Å². The number of nitrogens with one attached hydrogen (secondary N) is 3. The van der Waals surface area contributed by atoms with E-state index in [1.807, 2.05) is 19.1 Å². The molecule has 0 saturated carbocycles. The molecular weight excluding hydrogens is 366 g/mol. The minimum absolute atomic E-state index is 0.103. The second-order valence-electron chi connectivity index (χ2n) is 8.10. The highest BCUT2D eigenvalue weighted by molar-refractivity contribution is 6.10. The minimum Gasteiger partial charge on any atom is -0.380 e. The zero-order valence-electron chi connectivity index (χ0n) is 17.1. The van der Waals surface area contributed by atoms with E-state index in [-0.39, 0.29) is 11.7 Å². The van der Waals surface area contributed by atoms with Gasteiger partial charge in [0.15, 0.2) is 0 Å². The topological polar surface area (TPSA) is 90.3 Å². The lowest BCUT2D eigenvalue weighted by Gasteiger charge is -2.35. The number of piperidine rings is 1. The lowest BCUT2D eigenvalue weighted by Crippen LogP contribution is -2.47. The molecule has 4 rings (SSSR count). The van der Waals surface area contributed by atoms with Gasteiger partial charge >= 0.3 is 0 Å². The summed E-state index contributed by atoms with van der Waals surface area (Å²) >= 11 is 0. The number of ether oxygens (including phenoxy) is 1. The number of hydrogen-bond donors (Lipinski definition) is 3. The number of anilines is 1. The van der Waals surface area contributed by atoms with Crippen LogP contribution in [-0.2, 0) is 9.53 Å². The molecule has 1 amide bonds. The molecule has 3 N–H and O–H groups in total. The van der Waals surface area contributed by atoms with Crippen molar-refractivity contribution in [2.45, 2.75) is 45.2 Å². The Labute approximate surface area is 171 Å². The van der Waals surface area contributed by atoms with Gasteiger partial charge in [-0.15, -0.1) is 0 Å². The normalized spacial score (nSPS) is 20.2. The number of aryl methyl sites for hydroxylation is 1. The molecular formula is C22H29N5O2. The molecule has 29 heavy (non-hydrogen) atoms. The maximum Gasteiger partial charge on any atom is 0.222 e. The van der Waals surface area contributed by atoms with Gasteiger partial charge in [0.05, 0.1) is 17.7 Å². The minimum atomic E-state index is -0.244. The first-order chi connectivity index (χ1) is 14.0. The highest BCUT2D eigenvalue weighted by Crippen LogP contribution is 2.27. The third-order valence-corrected chi connectivity index (χ3v) is 5.72. The van der Waals surface area contributed by atoms with Gasteiger partial charge in [0.2, 0.25) is 5.91 Å². The van der Waals surface area contributed by atoms with Gasteiger partial charge < -0.3 is 20.3 Å². The number of rotatable bonds is 4. The molecule has 0 radical (unpaired) electrons. The summed E-state index contributed by atoms with van der Waals surface area (Å²) in [7, 11) is 0. The fourth-order valence-corrected chi connectivity index (χ4v) is 4.21. The summed E-state index contributed by atoms with van der Waals surface area (Å²) in [6.07, 6.45) is 3.14. The van der Waals surface area contributed by atoms with Gasteiger partial charge in [-0.1, -0.05) is 11.6 Å². The molecule has 2 aliphatic rings. The Morgan fingerprint density at radius 1 is 1.21 bits per heavy atom. The van der Waals surface area contributed by atoms with Gasteiger partial charge in [0, 0.05) is 44.1 Å². The molecule has 2 aromatic rings. The summed E-state index contributed by atoms with van der Waals surface area (Å²) in [5.41, 5.74) is 2.73. The van der Waals surface area contributed by atoms with Crippen molar-refractivity contribution in [3.05, 3.63) is 35.4 Å². The van der Waals surface area contributed by atoms with E-state index in [0.717, 1.165) is 67.8 Å². The second kappa shape index (κ2) is 8.47. The standard InChI is InChI=1S/C22H29N5O2/c1-14-3-4-20-16(11-14)12-19(21(23)24-15(2)28)22(26-20)27-8-5-17(6-9-27)25-18-7-10-29-13-18/h3-4,11-12,17-18,25H,5-10,13H2,1-2H3,(H2,23,24,28). The molecule has 1 atom stereocenters. The zero-order valence-corrected chi connectivity index (χ0v) is 17.1. The maximum atomic E-state index is 11.5. The average molecular weight is 396 g/mol. The first-order valence-corrected chi connectivity index (χ1v) is 10.4. The number of carbonyl (C=O) groups is 1. The highest BCUT2D eigenvalue weighted by Gasteiger charge is 2.26. The fraction of sp³-hybridized carbons (Fsp3) is 0.500. The number of amides is 1. The Morgan fingerprint density at radius 3 is 2.69 bits per heavy atom. The molecule has 2 fully saturated rings. The number of nitrogens with zero attached hydrogens (tertiary/aromatic N) is 2. The van der Waals surface area contributed by atoms with Crippen molar-refractivity contribution in [3.8, 4) is 0 Å². The van der Waals surface area contributed by atoms with Crippen molar-refractivity contribution in [1.29, 1.82) is 5.41 Å². The van der Waals surface area contributed by atoms with Crippen LogP contribution in [0.4, 0.5) is 5.82 Å². The number of hydrogen-bond acceptors (Lipinski definition) is 6. The van der Waals surface area contributed by atoms with Crippen LogP contribution in [0.25, 0.3) is 10.9 Å². The molecule has 7 heteroatoms. The summed E-state index contributed by atoms with van der Waals surface area (Å²) in [5, 5.41) is 15.7. The van der Waals surface area contributed by atoms with E-state index >= 15 is 0 Å².